The van der Waals surface area contributed by atoms with Crippen LogP contribution in [0.1, 0.15) is 5.89 Å². The van der Waals surface area contributed by atoms with E-state index in [9.17, 15) is 0 Å². The van der Waals surface area contributed by atoms with E-state index in [0.717, 1.165) is 0 Å². The van der Waals surface area contributed by atoms with Crippen LogP contribution in [0.2, 0.25) is 0 Å². The largest absolute Gasteiger partial charge is 0.344 e. The van der Waals surface area contributed by atoms with E-state index in [1.807, 2.05) is 14.1 Å². The van der Waals surface area contributed by atoms with Gasteiger partial charge in [-0.1, -0.05) is 5.92 Å². The van der Waals surface area contributed by atoms with E-state index in [1.165, 1.54) is 0 Å². The van der Waals surface area contributed by atoms with Gasteiger partial charge >= 0.3 is 0 Å². The van der Waals surface area contributed by atoms with E-state index in [4.69, 9.17) is 10.9 Å². The molecule has 1 aromatic heterocycles. The molecule has 0 atom stereocenters. The summed E-state index contributed by atoms with van der Waals surface area (Å²) < 4.78 is 4.94. The quantitative estimate of drug-likeness (QED) is 0.516. The lowest BCUT2D eigenvalue weighted by atomic mass is 10.6. The average Bonchev–Trinajstić information content (AvgIpc) is 2.53. The van der Waals surface area contributed by atoms with Crippen LogP contribution in [-0.2, 0) is 6.54 Å². The second-order valence-corrected chi connectivity index (χ2v) is 2.69. The van der Waals surface area contributed by atoms with E-state index < -0.39 is 0 Å². The Morgan fingerprint density at radius 1 is 1.62 bits per heavy atom. The normalized spacial score (nSPS) is 9.62. The number of nitrogens with zero attached hydrogens (tertiary/aromatic N) is 3. The maximum absolute atomic E-state index is 5.06. The molecule has 1 aromatic rings. The molecule has 1 heterocycles. The molecule has 70 valence electrons. The second kappa shape index (κ2) is 4.48. The van der Waals surface area contributed by atoms with Gasteiger partial charge in [0, 0.05) is 14.1 Å². The van der Waals surface area contributed by atoms with Gasteiger partial charge in [-0.25, -0.2) is 0 Å². The van der Waals surface area contributed by atoms with Gasteiger partial charge in [-0.15, -0.1) is 6.42 Å². The van der Waals surface area contributed by atoms with Crippen molar-refractivity contribution < 1.29 is 4.52 Å². The third-order valence-corrected chi connectivity index (χ3v) is 1.36. The van der Waals surface area contributed by atoms with Crippen LogP contribution in [0.4, 0.5) is 5.95 Å². The van der Waals surface area contributed by atoms with E-state index >= 15 is 0 Å². The van der Waals surface area contributed by atoms with Crippen molar-refractivity contribution in [2.24, 2.45) is 0 Å². The topological polar surface area (TPSA) is 54.2 Å². The molecule has 0 saturated carbocycles. The molecular formula is C8H12N4O. The molecule has 13 heavy (non-hydrogen) atoms. The molecule has 0 unspecified atom stereocenters. The van der Waals surface area contributed by atoms with Gasteiger partial charge in [0.05, 0.1) is 13.1 Å². The highest BCUT2D eigenvalue weighted by molar-refractivity contribution is 5.23. The summed E-state index contributed by atoms with van der Waals surface area (Å²) in [6.07, 6.45) is 5.06. The Morgan fingerprint density at radius 3 is 2.92 bits per heavy atom. The number of terminal acetylenes is 1. The van der Waals surface area contributed by atoms with Crippen molar-refractivity contribution in [2.45, 2.75) is 6.54 Å². The van der Waals surface area contributed by atoms with Crippen LogP contribution in [0.15, 0.2) is 4.52 Å². The Hall–Kier alpha value is -1.54. The van der Waals surface area contributed by atoms with Crippen LogP contribution in [-0.4, -0.2) is 30.8 Å². The monoisotopic (exact) mass is 180 g/mol. The fourth-order valence-electron chi connectivity index (χ4n) is 0.741. The van der Waals surface area contributed by atoms with Crippen LogP contribution >= 0.6 is 0 Å². The van der Waals surface area contributed by atoms with Crippen molar-refractivity contribution in [2.75, 3.05) is 25.5 Å². The SMILES string of the molecule is C#CCNCc1nc(N(C)C)no1. The van der Waals surface area contributed by atoms with Gasteiger partial charge in [0.2, 0.25) is 5.89 Å². The van der Waals surface area contributed by atoms with Gasteiger partial charge in [-0.05, 0) is 5.16 Å². The molecule has 0 radical (unpaired) electrons. The number of hydrogen-bond acceptors (Lipinski definition) is 5. The number of nitrogens with one attached hydrogen (secondary N) is 1. The Bertz CT molecular complexity index is 299. The zero-order valence-corrected chi connectivity index (χ0v) is 7.74. The van der Waals surface area contributed by atoms with E-state index in [1.54, 1.807) is 4.90 Å². The third kappa shape index (κ3) is 2.76. The molecule has 0 aliphatic rings. The van der Waals surface area contributed by atoms with Crippen molar-refractivity contribution in [1.29, 1.82) is 0 Å². The van der Waals surface area contributed by atoms with Crippen LogP contribution < -0.4 is 10.2 Å². The van der Waals surface area contributed by atoms with Gasteiger partial charge in [0.25, 0.3) is 5.95 Å². The van der Waals surface area contributed by atoms with E-state index in [2.05, 4.69) is 21.4 Å². The summed E-state index contributed by atoms with van der Waals surface area (Å²) in [6, 6.07) is 0. The highest BCUT2D eigenvalue weighted by Crippen LogP contribution is 2.04. The summed E-state index contributed by atoms with van der Waals surface area (Å²) in [7, 11) is 3.70. The summed E-state index contributed by atoms with van der Waals surface area (Å²) >= 11 is 0. The maximum atomic E-state index is 5.06. The summed E-state index contributed by atoms with van der Waals surface area (Å²) in [5.74, 6) is 3.56. The first-order chi connectivity index (χ1) is 6.24. The molecule has 0 fully saturated rings. The Labute approximate surface area is 77.1 Å². The molecule has 0 bridgehead atoms. The predicted octanol–water partition coefficient (Wildman–Crippen LogP) is -0.142. The van der Waals surface area contributed by atoms with Crippen LogP contribution in [0.5, 0.6) is 0 Å². The zero-order chi connectivity index (χ0) is 9.68. The van der Waals surface area contributed by atoms with Crippen molar-refractivity contribution >= 4 is 5.95 Å². The minimum atomic E-state index is 0.500. The van der Waals surface area contributed by atoms with Crippen LogP contribution in [0, 0.1) is 12.3 Å². The standard InChI is InChI=1S/C8H12N4O/c1-4-5-9-6-7-10-8(11-13-7)12(2)3/h1,9H,5-6H2,2-3H3. The van der Waals surface area contributed by atoms with Gasteiger partial charge in [-0.2, -0.15) is 4.98 Å². The number of aromatic nitrogens is 2. The van der Waals surface area contributed by atoms with Crippen LogP contribution in [0.3, 0.4) is 0 Å². The number of hydrogen-bond donors (Lipinski definition) is 1. The first-order valence-electron chi connectivity index (χ1n) is 3.88. The fraction of sp³-hybridized carbons (Fsp3) is 0.500. The van der Waals surface area contributed by atoms with Crippen LogP contribution in [0.25, 0.3) is 0 Å². The highest BCUT2D eigenvalue weighted by atomic mass is 16.5. The molecular weight excluding hydrogens is 168 g/mol. The fourth-order valence-corrected chi connectivity index (χ4v) is 0.741. The zero-order valence-electron chi connectivity index (χ0n) is 7.74. The lowest BCUT2D eigenvalue weighted by Gasteiger charge is -2.02. The van der Waals surface area contributed by atoms with Crippen molar-refractivity contribution in [3.05, 3.63) is 5.89 Å². The number of rotatable bonds is 4. The van der Waals surface area contributed by atoms with Crippen molar-refractivity contribution in [3.8, 4) is 12.3 Å². The van der Waals surface area contributed by atoms with E-state index in [-0.39, 0.29) is 0 Å². The molecule has 0 amide bonds. The van der Waals surface area contributed by atoms with Crippen molar-refractivity contribution in [1.82, 2.24) is 15.5 Å². The Kier molecular flexibility index (Phi) is 3.29. The average molecular weight is 180 g/mol. The summed E-state index contributed by atoms with van der Waals surface area (Å²) in [6.45, 7) is 1.00. The lowest BCUT2D eigenvalue weighted by Crippen LogP contribution is -2.14. The smallest absolute Gasteiger partial charge is 0.265 e. The highest BCUT2D eigenvalue weighted by Gasteiger charge is 2.05. The first-order valence-corrected chi connectivity index (χ1v) is 3.88. The molecule has 1 N–H and O–H groups in total. The molecule has 5 heteroatoms. The minimum Gasteiger partial charge on any atom is -0.344 e. The van der Waals surface area contributed by atoms with Gasteiger partial charge in [0.1, 0.15) is 0 Å². The lowest BCUT2D eigenvalue weighted by molar-refractivity contribution is 0.370. The summed E-state index contributed by atoms with van der Waals surface area (Å²) in [4.78, 5) is 5.87. The molecule has 0 aliphatic carbocycles. The molecule has 0 aliphatic heterocycles. The molecule has 0 saturated heterocycles. The summed E-state index contributed by atoms with van der Waals surface area (Å²) in [5, 5.41) is 6.70. The number of anilines is 1. The van der Waals surface area contributed by atoms with E-state index in [0.29, 0.717) is 24.9 Å². The Balaban J connectivity index is 2.45. The van der Waals surface area contributed by atoms with Gasteiger partial charge < -0.3 is 9.42 Å². The molecule has 1 rings (SSSR count). The molecule has 5 nitrogen and oxygen atoms in total. The van der Waals surface area contributed by atoms with Gasteiger partial charge in [-0.3, -0.25) is 5.32 Å². The minimum absolute atomic E-state index is 0.500. The predicted molar refractivity (Wildman–Crippen MR) is 49.2 cm³/mol. The third-order valence-electron chi connectivity index (χ3n) is 1.36. The maximum Gasteiger partial charge on any atom is 0.265 e. The molecule has 0 spiro atoms. The second-order valence-electron chi connectivity index (χ2n) is 2.69. The summed E-state index contributed by atoms with van der Waals surface area (Å²) in [5.41, 5.74) is 0. The van der Waals surface area contributed by atoms with Gasteiger partial charge in [0.15, 0.2) is 0 Å². The molecule has 0 aromatic carbocycles. The van der Waals surface area contributed by atoms with Crippen molar-refractivity contribution in [3.63, 3.8) is 0 Å². The first kappa shape index (κ1) is 9.55. The Morgan fingerprint density at radius 2 is 2.38 bits per heavy atom.